The first-order chi connectivity index (χ1) is 13.9. The molecule has 0 bridgehead atoms. The molecule has 0 spiro atoms. The smallest absolute Gasteiger partial charge is 0.261 e. The molecule has 0 heterocycles. The van der Waals surface area contributed by atoms with E-state index in [1.54, 1.807) is 30.3 Å². The molecule has 1 unspecified atom stereocenters. The number of fused-ring (bicyclic) bond motifs is 1. The number of sulfonamides is 1. The molecule has 1 aliphatic rings. The Hall–Kier alpha value is -2.83. The molecule has 29 heavy (non-hydrogen) atoms. The number of nitrogens with one attached hydrogen (secondary N) is 2. The normalized spacial score (nSPS) is 15.6. The molecule has 0 aromatic heterocycles. The van der Waals surface area contributed by atoms with Crippen molar-refractivity contribution in [1.82, 2.24) is 5.32 Å². The summed E-state index contributed by atoms with van der Waals surface area (Å²) in [5, 5.41) is 3.18. The van der Waals surface area contributed by atoms with Crippen molar-refractivity contribution in [2.75, 3.05) is 4.72 Å². The van der Waals surface area contributed by atoms with Crippen molar-refractivity contribution >= 4 is 33.2 Å². The molecule has 0 radical (unpaired) electrons. The Kier molecular flexibility index (Phi) is 5.30. The Balaban J connectivity index is 1.58. The fourth-order valence-electron chi connectivity index (χ4n) is 3.51. The Morgan fingerprint density at radius 3 is 2.48 bits per heavy atom. The van der Waals surface area contributed by atoms with Gasteiger partial charge in [0.15, 0.2) is 0 Å². The van der Waals surface area contributed by atoms with Gasteiger partial charge in [-0.1, -0.05) is 54.1 Å². The number of para-hydroxylation sites is 1. The van der Waals surface area contributed by atoms with Crippen LogP contribution in [-0.4, -0.2) is 14.3 Å². The molecule has 7 heteroatoms. The largest absolute Gasteiger partial charge is 0.345 e. The van der Waals surface area contributed by atoms with Gasteiger partial charge in [-0.05, 0) is 54.3 Å². The first-order valence-electron chi connectivity index (χ1n) is 9.20. The van der Waals surface area contributed by atoms with Crippen LogP contribution in [0, 0.1) is 0 Å². The average molecular weight is 427 g/mol. The Labute approximate surface area is 174 Å². The number of aryl methyl sites for hydroxylation is 1. The molecule has 1 atom stereocenters. The number of halogens is 1. The third-order valence-corrected chi connectivity index (χ3v) is 6.67. The quantitative estimate of drug-likeness (QED) is 0.628. The van der Waals surface area contributed by atoms with Crippen LogP contribution in [0.3, 0.4) is 0 Å². The highest BCUT2D eigenvalue weighted by Crippen LogP contribution is 2.31. The van der Waals surface area contributed by atoms with Crippen molar-refractivity contribution in [3.05, 3.63) is 94.5 Å². The van der Waals surface area contributed by atoms with Crippen molar-refractivity contribution in [1.29, 1.82) is 0 Å². The number of hydrogen-bond acceptors (Lipinski definition) is 3. The van der Waals surface area contributed by atoms with E-state index in [9.17, 15) is 13.2 Å². The fourth-order valence-corrected chi connectivity index (χ4v) is 4.80. The van der Waals surface area contributed by atoms with Gasteiger partial charge in [-0.15, -0.1) is 0 Å². The third kappa shape index (κ3) is 4.13. The predicted molar refractivity (Wildman–Crippen MR) is 114 cm³/mol. The van der Waals surface area contributed by atoms with Gasteiger partial charge in [0.05, 0.1) is 21.5 Å². The number of benzene rings is 3. The summed E-state index contributed by atoms with van der Waals surface area (Å²) in [7, 11) is -3.85. The van der Waals surface area contributed by atoms with Crippen LogP contribution in [0.4, 0.5) is 5.69 Å². The molecular formula is C22H19ClN2O3S. The molecule has 1 amide bonds. The van der Waals surface area contributed by atoms with Gasteiger partial charge in [-0.25, -0.2) is 8.42 Å². The summed E-state index contributed by atoms with van der Waals surface area (Å²) in [6, 6.07) is 20.6. The van der Waals surface area contributed by atoms with Crippen molar-refractivity contribution < 1.29 is 13.2 Å². The standard InChI is InChI=1S/C22H19ClN2O3S/c23-20-12-11-17(29(27,28)25-16-7-2-1-3-8-16)14-19(20)22(26)24-21-13-10-15-6-4-5-9-18(15)21/h1-9,11-12,14,21,25H,10,13H2,(H,24,26). The molecular weight excluding hydrogens is 408 g/mol. The molecule has 0 fully saturated rings. The molecule has 2 N–H and O–H groups in total. The lowest BCUT2D eigenvalue weighted by Crippen LogP contribution is -2.27. The highest BCUT2D eigenvalue weighted by Gasteiger charge is 2.25. The third-order valence-electron chi connectivity index (χ3n) is 4.96. The topological polar surface area (TPSA) is 75.3 Å². The summed E-state index contributed by atoms with van der Waals surface area (Å²) in [5.41, 5.74) is 2.88. The summed E-state index contributed by atoms with van der Waals surface area (Å²) < 4.78 is 27.9. The minimum Gasteiger partial charge on any atom is -0.345 e. The van der Waals surface area contributed by atoms with Gasteiger partial charge in [0.1, 0.15) is 0 Å². The van der Waals surface area contributed by atoms with E-state index in [-0.39, 0.29) is 21.5 Å². The Morgan fingerprint density at radius 1 is 0.966 bits per heavy atom. The van der Waals surface area contributed by atoms with E-state index in [1.165, 1.54) is 23.8 Å². The van der Waals surface area contributed by atoms with Crippen LogP contribution in [0.25, 0.3) is 0 Å². The first-order valence-corrected chi connectivity index (χ1v) is 11.1. The number of hydrogen-bond donors (Lipinski definition) is 2. The zero-order chi connectivity index (χ0) is 20.4. The average Bonchev–Trinajstić information content (AvgIpc) is 3.11. The van der Waals surface area contributed by atoms with Gasteiger partial charge in [0.2, 0.25) is 0 Å². The fraction of sp³-hybridized carbons (Fsp3) is 0.136. The zero-order valence-electron chi connectivity index (χ0n) is 15.4. The number of carbonyl (C=O) groups excluding carboxylic acids is 1. The summed E-state index contributed by atoms with van der Waals surface area (Å²) in [4.78, 5) is 12.8. The van der Waals surface area contributed by atoms with Crippen molar-refractivity contribution in [2.24, 2.45) is 0 Å². The second-order valence-corrected chi connectivity index (χ2v) is 8.97. The van der Waals surface area contributed by atoms with Crippen LogP contribution in [0.15, 0.2) is 77.7 Å². The monoisotopic (exact) mass is 426 g/mol. The first kappa shape index (κ1) is 19.5. The van der Waals surface area contributed by atoms with E-state index in [1.807, 2.05) is 18.2 Å². The predicted octanol–water partition coefficient (Wildman–Crippen LogP) is 4.56. The van der Waals surface area contributed by atoms with Crippen molar-refractivity contribution in [2.45, 2.75) is 23.8 Å². The maximum Gasteiger partial charge on any atom is 0.261 e. The molecule has 5 nitrogen and oxygen atoms in total. The second kappa shape index (κ2) is 7.89. The van der Waals surface area contributed by atoms with Crippen LogP contribution in [0.5, 0.6) is 0 Å². The van der Waals surface area contributed by atoms with Gasteiger partial charge >= 0.3 is 0 Å². The maximum atomic E-state index is 12.9. The van der Waals surface area contributed by atoms with E-state index in [2.05, 4.69) is 16.1 Å². The van der Waals surface area contributed by atoms with Crippen molar-refractivity contribution in [3.8, 4) is 0 Å². The van der Waals surface area contributed by atoms with E-state index in [4.69, 9.17) is 11.6 Å². The minimum absolute atomic E-state index is 0.0253. The summed E-state index contributed by atoms with van der Waals surface area (Å²) in [6.45, 7) is 0. The number of carbonyl (C=O) groups is 1. The molecule has 3 aromatic rings. The SMILES string of the molecule is O=C(NC1CCc2ccccc21)c1cc(S(=O)(=O)Nc2ccccc2)ccc1Cl. The van der Waals surface area contributed by atoms with E-state index >= 15 is 0 Å². The van der Waals surface area contributed by atoms with E-state index in [0.717, 1.165) is 18.4 Å². The number of amides is 1. The Bertz CT molecular complexity index is 1160. The highest BCUT2D eigenvalue weighted by atomic mass is 35.5. The lowest BCUT2D eigenvalue weighted by Gasteiger charge is -2.15. The number of rotatable bonds is 5. The molecule has 0 saturated heterocycles. The summed E-state index contributed by atoms with van der Waals surface area (Å²) in [5.74, 6) is -0.395. The van der Waals surface area contributed by atoms with Crippen LogP contribution in [0.1, 0.15) is 33.9 Å². The van der Waals surface area contributed by atoms with Gasteiger partial charge < -0.3 is 5.32 Å². The van der Waals surface area contributed by atoms with Crippen LogP contribution >= 0.6 is 11.6 Å². The minimum atomic E-state index is -3.85. The molecule has 148 valence electrons. The van der Waals surface area contributed by atoms with Gasteiger partial charge in [-0.3, -0.25) is 9.52 Å². The van der Waals surface area contributed by atoms with E-state index in [0.29, 0.717) is 5.69 Å². The maximum absolute atomic E-state index is 12.9. The Morgan fingerprint density at radius 2 is 1.69 bits per heavy atom. The molecule has 3 aromatic carbocycles. The summed E-state index contributed by atoms with van der Waals surface area (Å²) in [6.07, 6.45) is 1.69. The molecule has 0 aliphatic heterocycles. The lowest BCUT2D eigenvalue weighted by molar-refractivity contribution is 0.0936. The highest BCUT2D eigenvalue weighted by molar-refractivity contribution is 7.92. The molecule has 1 aliphatic carbocycles. The lowest BCUT2D eigenvalue weighted by atomic mass is 10.1. The number of anilines is 1. The van der Waals surface area contributed by atoms with Crippen LogP contribution < -0.4 is 10.0 Å². The molecule has 4 rings (SSSR count). The van der Waals surface area contributed by atoms with Gasteiger partial charge in [0.25, 0.3) is 15.9 Å². The molecule has 0 saturated carbocycles. The van der Waals surface area contributed by atoms with Gasteiger partial charge in [0, 0.05) is 5.69 Å². The second-order valence-electron chi connectivity index (χ2n) is 6.88. The zero-order valence-corrected chi connectivity index (χ0v) is 17.0. The van der Waals surface area contributed by atoms with Crippen LogP contribution in [0.2, 0.25) is 5.02 Å². The van der Waals surface area contributed by atoms with Crippen molar-refractivity contribution in [3.63, 3.8) is 0 Å². The summed E-state index contributed by atoms with van der Waals surface area (Å²) >= 11 is 6.21. The van der Waals surface area contributed by atoms with Gasteiger partial charge in [-0.2, -0.15) is 0 Å². The van der Waals surface area contributed by atoms with E-state index < -0.39 is 15.9 Å². The van der Waals surface area contributed by atoms with Crippen LogP contribution in [-0.2, 0) is 16.4 Å².